The number of phenols is 3. The Kier molecular flexibility index (Phi) is 7.76. The summed E-state index contributed by atoms with van der Waals surface area (Å²) in [6.45, 7) is 3.60. The lowest BCUT2D eigenvalue weighted by Crippen LogP contribution is -1.96. The van der Waals surface area contributed by atoms with Crippen LogP contribution >= 0.6 is 0 Å². The minimum Gasteiger partial charge on any atom is -0.504 e. The van der Waals surface area contributed by atoms with Crippen molar-refractivity contribution in [3.05, 3.63) is 187 Å². The third-order valence-electron chi connectivity index (χ3n) is 12.5. The largest absolute Gasteiger partial charge is 0.504 e. The summed E-state index contributed by atoms with van der Waals surface area (Å²) in [6, 6.07) is 63.0. The number of aromatic hydroxyl groups is 3. The summed E-state index contributed by atoms with van der Waals surface area (Å²) in [5.41, 5.74) is 11.6. The maximum Gasteiger partial charge on any atom is 0.200 e. The maximum atomic E-state index is 11.1. The quantitative estimate of drug-likeness (QED) is 0.0930. The predicted octanol–water partition coefficient (Wildman–Crippen LogP) is 15.0. The van der Waals surface area contributed by atoms with Crippen LogP contribution < -0.4 is 0 Å². The van der Waals surface area contributed by atoms with Crippen LogP contribution in [-0.2, 0) is 0 Å². The maximum absolute atomic E-state index is 11.1. The van der Waals surface area contributed by atoms with Gasteiger partial charge in [0.15, 0.2) is 11.5 Å². The Morgan fingerprint density at radius 3 is 1.49 bits per heavy atom. The molecule has 0 aliphatic carbocycles. The molecule has 280 valence electrons. The first-order valence-electron chi connectivity index (χ1n) is 20.0. The Morgan fingerprint density at radius 1 is 0.288 bits per heavy atom. The molecule has 3 heteroatoms. The van der Waals surface area contributed by atoms with Crippen molar-refractivity contribution in [2.45, 2.75) is 13.8 Å². The monoisotopic (exact) mass is 758 g/mol. The van der Waals surface area contributed by atoms with Crippen molar-refractivity contribution in [2.24, 2.45) is 0 Å². The van der Waals surface area contributed by atoms with E-state index < -0.39 is 5.75 Å². The molecule has 0 saturated carbocycles. The van der Waals surface area contributed by atoms with Crippen LogP contribution in [0.4, 0.5) is 0 Å². The second-order valence-electron chi connectivity index (χ2n) is 15.7. The van der Waals surface area contributed by atoms with E-state index in [2.05, 4.69) is 152 Å². The third kappa shape index (κ3) is 5.28. The van der Waals surface area contributed by atoms with Gasteiger partial charge in [-0.2, -0.15) is 0 Å². The zero-order chi connectivity index (χ0) is 39.9. The van der Waals surface area contributed by atoms with E-state index in [0.717, 1.165) is 60.5 Å². The van der Waals surface area contributed by atoms with Gasteiger partial charge >= 0.3 is 0 Å². The standard InChI is InChI=1S/C56H38O3/c1-32-49(33(2)55(58)56(59)54(32)57)53-45-20-7-6-19-44(45)51(47-28-25-40(31-48(47)53)34-11-4-3-5-12-34)42-18-10-16-39(30-42)38-15-9-17-41(29-38)43-26-23-37-22-21-35-13-8-14-36-24-27-46(43)52(37)50(35)36/h3-31,57-59H,1-2H3. The van der Waals surface area contributed by atoms with Gasteiger partial charge in [0, 0.05) is 11.1 Å². The van der Waals surface area contributed by atoms with Crippen molar-refractivity contribution in [1.29, 1.82) is 0 Å². The van der Waals surface area contributed by atoms with E-state index in [-0.39, 0.29) is 11.5 Å². The molecular formula is C56H38O3. The molecule has 0 aliphatic rings. The lowest BCUT2D eigenvalue weighted by molar-refractivity contribution is 0.365. The molecular weight excluding hydrogens is 721 g/mol. The average Bonchev–Trinajstić information content (AvgIpc) is 3.29. The fourth-order valence-corrected chi connectivity index (χ4v) is 9.64. The predicted molar refractivity (Wildman–Crippen MR) is 247 cm³/mol. The van der Waals surface area contributed by atoms with Crippen molar-refractivity contribution >= 4 is 53.9 Å². The lowest BCUT2D eigenvalue weighted by Gasteiger charge is -2.22. The second kappa shape index (κ2) is 13.2. The number of hydrogen-bond donors (Lipinski definition) is 3. The molecule has 3 N–H and O–H groups in total. The third-order valence-corrected chi connectivity index (χ3v) is 12.5. The van der Waals surface area contributed by atoms with E-state index in [4.69, 9.17) is 0 Å². The van der Waals surface area contributed by atoms with E-state index in [1.807, 2.05) is 24.3 Å². The zero-order valence-corrected chi connectivity index (χ0v) is 32.6. The molecule has 11 aromatic rings. The summed E-state index contributed by atoms with van der Waals surface area (Å²) < 4.78 is 0. The van der Waals surface area contributed by atoms with Gasteiger partial charge in [-0.15, -0.1) is 0 Å². The highest BCUT2D eigenvalue weighted by atomic mass is 16.3. The topological polar surface area (TPSA) is 60.7 Å². The summed E-state index contributed by atoms with van der Waals surface area (Å²) in [5, 5.41) is 44.6. The van der Waals surface area contributed by atoms with Crippen LogP contribution in [0.15, 0.2) is 176 Å². The Balaban J connectivity index is 1.13. The van der Waals surface area contributed by atoms with Crippen LogP contribution in [0.2, 0.25) is 0 Å². The number of phenolic OH excluding ortho intramolecular Hbond substituents is 3. The summed E-state index contributed by atoms with van der Waals surface area (Å²) in [5.74, 6) is -1.14. The molecule has 3 nitrogen and oxygen atoms in total. The molecule has 0 fully saturated rings. The van der Waals surface area contributed by atoms with Crippen molar-refractivity contribution in [3.8, 4) is 72.9 Å². The zero-order valence-electron chi connectivity index (χ0n) is 32.6. The van der Waals surface area contributed by atoms with Gasteiger partial charge in [-0.3, -0.25) is 0 Å². The van der Waals surface area contributed by atoms with Gasteiger partial charge in [0.2, 0.25) is 5.75 Å². The van der Waals surface area contributed by atoms with E-state index in [0.29, 0.717) is 16.7 Å². The van der Waals surface area contributed by atoms with Crippen LogP contribution in [0.25, 0.3) is 109 Å². The highest BCUT2D eigenvalue weighted by Gasteiger charge is 2.25. The van der Waals surface area contributed by atoms with E-state index in [1.165, 1.54) is 43.4 Å². The number of benzene rings is 11. The van der Waals surface area contributed by atoms with Gasteiger partial charge in [0.1, 0.15) is 0 Å². The first kappa shape index (κ1) is 34.6. The van der Waals surface area contributed by atoms with E-state index >= 15 is 0 Å². The Labute approximate surface area is 341 Å². The van der Waals surface area contributed by atoms with Crippen LogP contribution in [0.3, 0.4) is 0 Å². The van der Waals surface area contributed by atoms with Crippen LogP contribution in [0, 0.1) is 13.8 Å². The molecule has 11 aromatic carbocycles. The van der Waals surface area contributed by atoms with Gasteiger partial charge in [0.25, 0.3) is 0 Å². The van der Waals surface area contributed by atoms with Crippen LogP contribution in [0.1, 0.15) is 11.1 Å². The highest BCUT2D eigenvalue weighted by molar-refractivity contribution is 6.26. The molecule has 0 spiro atoms. The number of hydrogen-bond acceptors (Lipinski definition) is 3. The second-order valence-corrected chi connectivity index (χ2v) is 15.7. The average molecular weight is 759 g/mol. The Bertz CT molecular complexity index is 3440. The first-order valence-corrected chi connectivity index (χ1v) is 20.0. The van der Waals surface area contributed by atoms with Crippen molar-refractivity contribution in [3.63, 3.8) is 0 Å². The Hall–Kier alpha value is -7.62. The fourth-order valence-electron chi connectivity index (χ4n) is 9.64. The molecule has 0 bridgehead atoms. The number of rotatable bonds is 5. The van der Waals surface area contributed by atoms with Gasteiger partial charge in [0.05, 0.1) is 0 Å². The molecule has 0 saturated heterocycles. The molecule has 0 aliphatic heterocycles. The SMILES string of the molecule is Cc1c(O)c(O)c(O)c(C)c1-c1c2ccccc2c(-c2cccc(-c3cccc(-c4ccc5ccc6cccc7ccc4c5c67)c3)c2)c2ccc(-c3ccccc3)cc12. The summed E-state index contributed by atoms with van der Waals surface area (Å²) in [4.78, 5) is 0. The molecule has 0 aromatic heterocycles. The van der Waals surface area contributed by atoms with Crippen LogP contribution in [-0.4, -0.2) is 15.3 Å². The minimum absolute atomic E-state index is 0.319. The molecule has 59 heavy (non-hydrogen) atoms. The minimum atomic E-state index is -0.501. The fraction of sp³-hybridized carbons (Fsp3) is 0.0357. The van der Waals surface area contributed by atoms with E-state index in [1.54, 1.807) is 13.8 Å². The molecule has 0 amide bonds. The highest BCUT2D eigenvalue weighted by Crippen LogP contribution is 2.52. The summed E-state index contributed by atoms with van der Waals surface area (Å²) in [7, 11) is 0. The van der Waals surface area contributed by atoms with Crippen molar-refractivity contribution in [2.75, 3.05) is 0 Å². The Morgan fingerprint density at radius 2 is 0.780 bits per heavy atom. The lowest BCUT2D eigenvalue weighted by atomic mass is 9.82. The van der Waals surface area contributed by atoms with E-state index in [9.17, 15) is 15.3 Å². The van der Waals surface area contributed by atoms with Gasteiger partial charge in [-0.1, -0.05) is 158 Å². The molecule has 0 unspecified atom stereocenters. The van der Waals surface area contributed by atoms with Crippen molar-refractivity contribution < 1.29 is 15.3 Å². The van der Waals surface area contributed by atoms with Gasteiger partial charge < -0.3 is 15.3 Å². The molecule has 0 radical (unpaired) electrons. The molecule has 0 heterocycles. The summed E-state index contributed by atoms with van der Waals surface area (Å²) in [6.07, 6.45) is 0. The van der Waals surface area contributed by atoms with Gasteiger partial charge in [-0.25, -0.2) is 0 Å². The number of fused-ring (bicyclic) bond motifs is 2. The smallest absolute Gasteiger partial charge is 0.200 e. The van der Waals surface area contributed by atoms with Gasteiger partial charge in [-0.05, 0) is 142 Å². The first-order chi connectivity index (χ1) is 28.9. The molecule has 11 rings (SSSR count). The normalized spacial score (nSPS) is 11.8. The van der Waals surface area contributed by atoms with Crippen LogP contribution in [0.5, 0.6) is 17.2 Å². The summed E-state index contributed by atoms with van der Waals surface area (Å²) >= 11 is 0. The van der Waals surface area contributed by atoms with Crippen molar-refractivity contribution in [1.82, 2.24) is 0 Å². The molecule has 0 atom stereocenters.